The molecule has 0 bridgehead atoms. The number of hydrogen-bond donors (Lipinski definition) is 2. The first kappa shape index (κ1) is 65.9. The topological polar surface area (TPSA) is 70.0 Å². The Morgan fingerprint density at radius 3 is 0.500 bits per heavy atom. The van der Waals surface area contributed by atoms with Gasteiger partial charge in [0.25, 0.3) is 0 Å². The molecule has 0 atom stereocenters. The average molecular weight is 165 g/mol. The van der Waals surface area contributed by atoms with E-state index in [1.807, 2.05) is 0 Å². The minimum atomic E-state index is 0. The molecule has 0 radical (unpaired) electrons. The molecule has 0 heterocycles. The van der Waals surface area contributed by atoms with E-state index in [2.05, 4.69) is 0 Å². The molecule has 0 aromatic carbocycles. The van der Waals surface area contributed by atoms with Crippen LogP contribution in [-0.2, 0) is 39.0 Å². The van der Waals surface area contributed by atoms with Crippen molar-refractivity contribution in [2.45, 2.75) is 0 Å². The van der Waals surface area contributed by atoms with Gasteiger partial charge in [0.15, 0.2) is 0 Å². The van der Waals surface area contributed by atoms with Gasteiger partial charge in [-0.2, -0.15) is 0 Å². The zero-order chi connectivity index (χ0) is 0. The molecule has 0 aliphatic heterocycles. The second kappa shape index (κ2) is 30.7. The smallest absolute Gasteiger partial charge is 0 e. The third kappa shape index (κ3) is 10.9. The molecule has 0 saturated heterocycles. The molecule has 20 valence electrons. The summed E-state index contributed by atoms with van der Waals surface area (Å²) in [5.41, 5.74) is 0. The quantitative estimate of drug-likeness (QED) is 0.507. The van der Waals surface area contributed by atoms with E-state index >= 15 is 0 Å². The second-order valence-electron chi connectivity index (χ2n) is 0. The first-order valence-electron chi connectivity index (χ1n) is 0. The summed E-state index contributed by atoms with van der Waals surface area (Å²) >= 11 is 0. The predicted octanol–water partition coefficient (Wildman–Crippen LogP) is 0.319. The van der Waals surface area contributed by atoms with Crippen LogP contribution in [0.15, 0.2) is 0 Å². The predicted molar refractivity (Wildman–Crippen MR) is 10.0 cm³/mol. The molecule has 2 nitrogen and oxygen atoms in total. The first-order valence-corrected chi connectivity index (χ1v) is 0. The largest absolute Gasteiger partial charge is 0.344 e. The number of rotatable bonds is 0. The summed E-state index contributed by atoms with van der Waals surface area (Å²) in [6.45, 7) is 0. The van der Waals surface area contributed by atoms with Gasteiger partial charge in [0.2, 0.25) is 0 Å². The van der Waals surface area contributed by atoms with Gasteiger partial charge in [-0.3, -0.25) is 0 Å². The van der Waals surface area contributed by atoms with Gasteiger partial charge in [0.05, 0.1) is 0 Å². The van der Waals surface area contributed by atoms with E-state index in [9.17, 15) is 0 Å². The Morgan fingerprint density at radius 2 is 0.500 bits per heavy atom. The maximum Gasteiger partial charge on any atom is 0 e. The van der Waals surface area contributed by atoms with Crippen LogP contribution < -0.4 is 12.3 Å². The van der Waals surface area contributed by atoms with Crippen LogP contribution in [0.5, 0.6) is 0 Å². The normalized spacial score (nSPS) is 0. The van der Waals surface area contributed by atoms with Gasteiger partial charge >= 0.3 is 0 Å². The van der Waals surface area contributed by atoms with Crippen LogP contribution in [0.25, 0.3) is 0 Å². The van der Waals surface area contributed by atoms with Crippen molar-refractivity contribution in [3.05, 3.63) is 0 Å². The van der Waals surface area contributed by atoms with Crippen LogP contribution in [0.4, 0.5) is 0 Å². The number of hydrogen-bond acceptors (Lipinski definition) is 2. The molecule has 0 aliphatic rings. The van der Waals surface area contributed by atoms with E-state index in [1.54, 1.807) is 0 Å². The van der Waals surface area contributed by atoms with Gasteiger partial charge in [-0.25, -0.2) is 0 Å². The maximum atomic E-state index is 0. The SMILES string of the molecule is N.N.[Zn].[Zn]. The Labute approximate surface area is 51.4 Å². The molecule has 0 unspecified atom stereocenters. The minimum absolute atomic E-state index is 0. The standard InChI is InChI=1S/2H3N.2Zn/h2*1H3;;. The van der Waals surface area contributed by atoms with Crippen LogP contribution in [0.1, 0.15) is 0 Å². The molecule has 0 aliphatic carbocycles. The van der Waals surface area contributed by atoms with Gasteiger partial charge in [0, 0.05) is 39.0 Å². The minimum Gasteiger partial charge on any atom is -0.344 e. The van der Waals surface area contributed by atoms with E-state index in [4.69, 9.17) is 0 Å². The van der Waals surface area contributed by atoms with Crippen LogP contribution in [0.2, 0.25) is 0 Å². The van der Waals surface area contributed by atoms with E-state index in [0.29, 0.717) is 0 Å². The van der Waals surface area contributed by atoms with Crippen molar-refractivity contribution in [3.8, 4) is 0 Å². The Bertz CT molecular complexity index is 4.00. The van der Waals surface area contributed by atoms with Gasteiger partial charge < -0.3 is 12.3 Å². The van der Waals surface area contributed by atoms with Crippen LogP contribution in [0, 0.1) is 0 Å². The van der Waals surface area contributed by atoms with Crippen molar-refractivity contribution in [1.29, 1.82) is 0 Å². The monoisotopic (exact) mass is 162 g/mol. The van der Waals surface area contributed by atoms with Crippen molar-refractivity contribution in [1.82, 2.24) is 12.3 Å². The molecular formula is H6N2Zn2. The Balaban J connectivity index is 0. The molecule has 0 saturated carbocycles. The molecule has 0 amide bonds. The zero-order valence-electron chi connectivity index (χ0n) is 2.83. The summed E-state index contributed by atoms with van der Waals surface area (Å²) in [6.07, 6.45) is 0. The fourth-order valence-corrected chi connectivity index (χ4v) is 0. The maximum absolute atomic E-state index is 0. The molecule has 4 heteroatoms. The molecule has 0 aromatic heterocycles. The van der Waals surface area contributed by atoms with Crippen LogP contribution in [0.3, 0.4) is 0 Å². The third-order valence-corrected chi connectivity index (χ3v) is 0. The van der Waals surface area contributed by atoms with Gasteiger partial charge in [-0.15, -0.1) is 0 Å². The van der Waals surface area contributed by atoms with Crippen LogP contribution in [-0.4, -0.2) is 0 Å². The fourth-order valence-electron chi connectivity index (χ4n) is 0. The van der Waals surface area contributed by atoms with E-state index in [0.717, 1.165) is 0 Å². The summed E-state index contributed by atoms with van der Waals surface area (Å²) in [6, 6.07) is 0. The van der Waals surface area contributed by atoms with Crippen LogP contribution >= 0.6 is 0 Å². The van der Waals surface area contributed by atoms with Crippen molar-refractivity contribution in [3.63, 3.8) is 0 Å². The van der Waals surface area contributed by atoms with Gasteiger partial charge in [-0.05, 0) is 0 Å². The van der Waals surface area contributed by atoms with Crippen molar-refractivity contribution in [2.75, 3.05) is 0 Å². The van der Waals surface area contributed by atoms with Crippen molar-refractivity contribution >= 4 is 0 Å². The molecule has 0 spiro atoms. The van der Waals surface area contributed by atoms with E-state index < -0.39 is 0 Å². The molecule has 6 N–H and O–H groups in total. The average Bonchev–Trinajstić information content (AvgIpc) is 0. The summed E-state index contributed by atoms with van der Waals surface area (Å²) in [7, 11) is 0. The third-order valence-electron chi connectivity index (χ3n) is 0. The Hall–Kier alpha value is 1.17. The summed E-state index contributed by atoms with van der Waals surface area (Å²) in [5.74, 6) is 0. The molecule has 4 heavy (non-hydrogen) atoms. The molecule has 0 fully saturated rings. The fraction of sp³-hybridized carbons (Fsp3) is 0. The van der Waals surface area contributed by atoms with Crippen molar-refractivity contribution in [2.24, 2.45) is 0 Å². The zero-order valence-corrected chi connectivity index (χ0v) is 8.76. The summed E-state index contributed by atoms with van der Waals surface area (Å²) in [4.78, 5) is 0. The molecule has 0 aromatic rings. The summed E-state index contributed by atoms with van der Waals surface area (Å²) < 4.78 is 0. The van der Waals surface area contributed by atoms with Crippen molar-refractivity contribution < 1.29 is 39.0 Å². The first-order chi connectivity index (χ1) is 0. The molecular weight excluding hydrogens is 159 g/mol. The summed E-state index contributed by atoms with van der Waals surface area (Å²) in [5, 5.41) is 0. The van der Waals surface area contributed by atoms with Gasteiger partial charge in [0.1, 0.15) is 0 Å². The second-order valence-corrected chi connectivity index (χ2v) is 0. The Morgan fingerprint density at radius 1 is 0.500 bits per heavy atom. The van der Waals surface area contributed by atoms with E-state index in [-0.39, 0.29) is 51.3 Å². The molecule has 0 rings (SSSR count). The Kier molecular flexibility index (Phi) is 506. The van der Waals surface area contributed by atoms with Gasteiger partial charge in [-0.1, -0.05) is 0 Å². The van der Waals surface area contributed by atoms with E-state index in [1.165, 1.54) is 0 Å².